The molecule has 7 aromatic carbocycles. The molecule has 0 saturated carbocycles. The monoisotopic (exact) mass is 1630 g/mol. The minimum Gasteiger partial charge on any atom is -0.481 e. The Kier molecular flexibility index (Phi) is 22.4. The summed E-state index contributed by atoms with van der Waals surface area (Å²) < 4.78 is 88.3. The topological polar surface area (TPSA) is 300 Å². The summed E-state index contributed by atoms with van der Waals surface area (Å²) in [4.78, 5) is 21.8. The van der Waals surface area contributed by atoms with Crippen LogP contribution in [0.2, 0.25) is 5.02 Å². The predicted octanol–water partition coefficient (Wildman–Crippen LogP) is 16.0. The van der Waals surface area contributed by atoms with Crippen molar-refractivity contribution in [3.8, 4) is 120 Å². The lowest BCUT2D eigenvalue weighted by Gasteiger charge is -2.12. The Balaban J connectivity index is 0.000000114. The number of nitrogens with zero attached hydrogens (tertiary/aromatic N) is 10. The van der Waals surface area contributed by atoms with Gasteiger partial charge in [-0.2, -0.15) is 5.26 Å². The fourth-order valence-electron chi connectivity index (χ4n) is 15.6. The number of nitriles is 1. The minimum atomic E-state index is -0.483. The van der Waals surface area contributed by atoms with Crippen LogP contribution in [0.15, 0.2) is 219 Å². The number of methoxy groups -OCH3 is 4. The number of benzene rings is 7. The zero-order chi connectivity index (χ0) is 82.5. The number of aromatic nitrogens is 9. The van der Waals surface area contributed by atoms with Gasteiger partial charge in [-0.1, -0.05) is 66.2 Å². The van der Waals surface area contributed by atoms with E-state index in [1.54, 1.807) is 77.6 Å². The fourth-order valence-corrected chi connectivity index (χ4v) is 15.8. The third kappa shape index (κ3) is 15.3. The third-order valence-corrected chi connectivity index (χ3v) is 21.4. The number of hydrogen-bond acceptors (Lipinski definition) is 22. The number of fused-ring (bicyclic) bond motifs is 8. The number of ether oxygens (including phenoxy) is 12. The molecule has 16 aromatic rings. The molecule has 0 saturated heterocycles. The molecule has 0 atom stereocenters. The van der Waals surface area contributed by atoms with Crippen molar-refractivity contribution in [2.75, 3.05) is 55.6 Å². The second-order valence-corrected chi connectivity index (χ2v) is 28.3. The van der Waals surface area contributed by atoms with Gasteiger partial charge in [0.25, 0.3) is 0 Å². The highest BCUT2D eigenvalue weighted by molar-refractivity contribution is 6.30. The molecule has 4 aliphatic heterocycles. The summed E-state index contributed by atoms with van der Waals surface area (Å²) in [6, 6.07) is 60.4. The number of aliphatic hydroxyl groups excluding tert-OH is 4. The van der Waals surface area contributed by atoms with Crippen LogP contribution in [0, 0.1) is 17.1 Å². The molecule has 28 heteroatoms. The van der Waals surface area contributed by atoms with E-state index in [9.17, 15) is 24.8 Å². The lowest BCUT2D eigenvalue weighted by molar-refractivity contribution is 0.173. The van der Waals surface area contributed by atoms with Gasteiger partial charge in [-0.15, -0.1) is 0 Å². The van der Waals surface area contributed by atoms with E-state index in [2.05, 4.69) is 50.8 Å². The molecule has 0 unspecified atom stereocenters. The second kappa shape index (κ2) is 34.4. The molecule has 0 radical (unpaired) electrons. The molecular formula is C92H76ClFN10O16. The molecule has 4 N–H and O–H groups in total. The van der Waals surface area contributed by atoms with E-state index in [4.69, 9.17) is 73.7 Å². The average molecular weight is 1630 g/mol. The average Bonchev–Trinajstić information content (AvgIpc) is 1.61. The van der Waals surface area contributed by atoms with Gasteiger partial charge in [-0.05, 0) is 96.1 Å². The van der Waals surface area contributed by atoms with E-state index < -0.39 is 5.82 Å². The SMILES string of the molecule is COc1ccc(-c2c(CO)n(Cc3ccc(C#N)cc3F)c3cc4c(cc23)OCO4)cn1.COc1ccc(-c2c(CO)n(Cc3cccc(Cl)c3)c3cc4c(cc23)OCO4)cn1.COc1ccc(-c2c(CO)n(Cc3ccccc3)c3cc4c(cc23)OCO4)cn1.COc1ccc(-c2c(CO)n(Cc3ccccn3)c3cc4c(cc23)OCO4)cn1. The first-order valence-corrected chi connectivity index (χ1v) is 38.4. The second-order valence-electron chi connectivity index (χ2n) is 27.9. The Morgan fingerprint density at radius 3 is 1.05 bits per heavy atom. The summed E-state index contributed by atoms with van der Waals surface area (Å²) >= 11 is 6.19. The highest BCUT2D eigenvalue weighted by Crippen LogP contribution is 2.49. The zero-order valence-corrected chi connectivity index (χ0v) is 65.9. The van der Waals surface area contributed by atoms with Crippen LogP contribution in [0.3, 0.4) is 0 Å². The number of pyridine rings is 5. The molecule has 4 aliphatic rings. The molecule has 0 spiro atoms. The van der Waals surface area contributed by atoms with Crippen molar-refractivity contribution in [2.45, 2.75) is 52.6 Å². The molecule has 604 valence electrons. The molecule has 120 heavy (non-hydrogen) atoms. The Labute approximate surface area is 690 Å². The maximum absolute atomic E-state index is 14.7. The van der Waals surface area contributed by atoms with Crippen LogP contribution in [-0.2, 0) is 52.6 Å². The van der Waals surface area contributed by atoms with Gasteiger partial charge in [0.05, 0.1) is 130 Å². The summed E-state index contributed by atoms with van der Waals surface area (Å²) in [7, 11) is 6.30. The maximum atomic E-state index is 14.7. The Hall–Kier alpha value is -14.4. The van der Waals surface area contributed by atoms with Gasteiger partial charge >= 0.3 is 0 Å². The van der Waals surface area contributed by atoms with Crippen molar-refractivity contribution in [3.05, 3.63) is 281 Å². The van der Waals surface area contributed by atoms with E-state index in [-0.39, 0.29) is 65.7 Å². The van der Waals surface area contributed by atoms with Gasteiger partial charge in [-0.3, -0.25) is 4.98 Å². The molecule has 0 aliphatic carbocycles. The quantitative estimate of drug-likeness (QED) is 0.0551. The first-order valence-electron chi connectivity index (χ1n) is 38.0. The lowest BCUT2D eigenvalue weighted by Crippen LogP contribution is -2.07. The Morgan fingerprint density at radius 2 is 0.725 bits per heavy atom. The molecule has 0 fully saturated rings. The third-order valence-electron chi connectivity index (χ3n) is 21.2. The van der Waals surface area contributed by atoms with Crippen LogP contribution in [0.4, 0.5) is 4.39 Å². The summed E-state index contributed by atoms with van der Waals surface area (Å²) in [5.74, 6) is 6.99. The van der Waals surface area contributed by atoms with Crippen LogP contribution >= 0.6 is 11.6 Å². The zero-order valence-electron chi connectivity index (χ0n) is 65.2. The van der Waals surface area contributed by atoms with Crippen molar-refractivity contribution >= 4 is 55.2 Å². The van der Waals surface area contributed by atoms with Crippen molar-refractivity contribution < 1.29 is 81.7 Å². The standard InChI is InChI=1S/C24H18FN3O4.C23H19ClN2O4.C23H20N2O4.C22H19N3O4/c1-30-23-5-4-15(10-27-23)24-17-7-21-22(32-13-31-21)8-19(17)28(20(24)12-29)11-16-3-2-14(9-26)6-18(16)25;1-28-22-6-5-15(10-25-22)23-17-8-20-21(30-13-29-20)9-18(17)26(19(23)12-27)11-14-3-2-4-16(24)7-14;1-27-22-8-7-16(11-24-22)23-17-9-20-21(29-14-28-20)10-18(17)25(19(23)13-26)12-15-5-3-2-4-6-15;1-27-21-6-5-14(10-24-21)22-16-8-19-20(29-13-28-19)9-17(16)25(18(22)12-26)11-15-4-2-3-7-23-15/h2-8,10,29H,11-13H2,1H3;2-10,27H,11-13H2,1H3;2-11,26H,12-14H2,1H3;2-10,26H,11-13H2,1H3. The van der Waals surface area contributed by atoms with Crippen LogP contribution in [0.1, 0.15) is 50.7 Å². The number of aliphatic hydroxyl groups is 4. The Morgan fingerprint density at radius 1 is 0.375 bits per heavy atom. The fraction of sp³-hybridized carbons (Fsp3) is 0.174. The van der Waals surface area contributed by atoms with E-state index in [0.29, 0.717) is 105 Å². The normalized spacial score (nSPS) is 12.4. The van der Waals surface area contributed by atoms with Gasteiger partial charge in [0.2, 0.25) is 50.7 Å². The van der Waals surface area contributed by atoms with Gasteiger partial charge < -0.3 is 95.5 Å². The highest BCUT2D eigenvalue weighted by atomic mass is 35.5. The number of halogens is 2. The van der Waals surface area contributed by atoms with Crippen LogP contribution in [0.25, 0.3) is 88.1 Å². The molecule has 26 nitrogen and oxygen atoms in total. The van der Waals surface area contributed by atoms with Crippen molar-refractivity contribution in [1.82, 2.24) is 43.2 Å². The van der Waals surface area contributed by atoms with Crippen molar-refractivity contribution in [3.63, 3.8) is 0 Å². The molecule has 0 bridgehead atoms. The first-order chi connectivity index (χ1) is 58.9. The summed E-state index contributed by atoms with van der Waals surface area (Å²) in [6.45, 7) is 1.96. The predicted molar refractivity (Wildman–Crippen MR) is 445 cm³/mol. The van der Waals surface area contributed by atoms with Crippen LogP contribution in [-0.4, -0.2) is 119 Å². The lowest BCUT2D eigenvalue weighted by atomic mass is 10.0. The van der Waals surface area contributed by atoms with E-state index in [0.717, 1.165) is 122 Å². The van der Waals surface area contributed by atoms with Crippen molar-refractivity contribution in [2.24, 2.45) is 0 Å². The van der Waals surface area contributed by atoms with Gasteiger partial charge in [0.15, 0.2) is 46.0 Å². The van der Waals surface area contributed by atoms with Gasteiger partial charge in [0.1, 0.15) is 5.82 Å². The van der Waals surface area contributed by atoms with E-state index >= 15 is 0 Å². The first kappa shape index (κ1) is 78.1. The van der Waals surface area contributed by atoms with Crippen LogP contribution < -0.4 is 56.8 Å². The van der Waals surface area contributed by atoms with E-state index in [1.807, 2.05) is 162 Å². The largest absolute Gasteiger partial charge is 0.481 e. The Bertz CT molecular complexity index is 6330. The smallest absolute Gasteiger partial charge is 0.231 e. The van der Waals surface area contributed by atoms with E-state index in [1.165, 1.54) is 6.07 Å². The molecular weight excluding hydrogens is 1560 g/mol. The molecule has 9 aromatic heterocycles. The van der Waals surface area contributed by atoms with Crippen LogP contribution in [0.5, 0.6) is 69.5 Å². The molecule has 0 amide bonds. The minimum absolute atomic E-state index is 0.102. The molecule has 20 rings (SSSR count). The highest BCUT2D eigenvalue weighted by Gasteiger charge is 2.30. The number of hydrogen-bond donors (Lipinski definition) is 4. The van der Waals surface area contributed by atoms with Gasteiger partial charge in [-0.25, -0.2) is 24.3 Å². The summed E-state index contributed by atoms with van der Waals surface area (Å²) in [5.41, 5.74) is 17.3. The summed E-state index contributed by atoms with van der Waals surface area (Å²) in [6.07, 6.45) is 8.71. The number of rotatable bonds is 20. The summed E-state index contributed by atoms with van der Waals surface area (Å²) in [5, 5.41) is 54.7. The molecule has 13 heterocycles. The van der Waals surface area contributed by atoms with Gasteiger partial charge in [0, 0.05) is 169 Å². The maximum Gasteiger partial charge on any atom is 0.231 e. The van der Waals surface area contributed by atoms with Crippen molar-refractivity contribution in [1.29, 1.82) is 5.26 Å².